The van der Waals surface area contributed by atoms with Crippen LogP contribution in [0.2, 0.25) is 0 Å². The van der Waals surface area contributed by atoms with Gasteiger partial charge >= 0.3 is 11.9 Å². The Balaban J connectivity index is 1.14. The molecule has 7 aromatic rings. The highest BCUT2D eigenvalue weighted by atomic mass is 32.2. The Morgan fingerprint density at radius 1 is 0.486 bits per heavy atom. The second-order valence-corrected chi connectivity index (χ2v) is 22.5. The van der Waals surface area contributed by atoms with Gasteiger partial charge in [-0.1, -0.05) is 107 Å². The Labute approximate surface area is 435 Å². The fourth-order valence-corrected chi connectivity index (χ4v) is 14.5. The van der Waals surface area contributed by atoms with Gasteiger partial charge in [0.1, 0.15) is 6.61 Å². The average molecular weight is 1020 g/mol. The molecule has 8 bridgehead atoms. The third kappa shape index (κ3) is 9.02. The fourth-order valence-electron chi connectivity index (χ4n) is 10.1. The van der Waals surface area contributed by atoms with Crippen LogP contribution in [-0.4, -0.2) is 45.6 Å². The number of thioether (sulfide) groups is 4. The molecule has 12 heteroatoms. The molecule has 4 aliphatic rings. The van der Waals surface area contributed by atoms with Gasteiger partial charge in [0.05, 0.1) is 49.5 Å². The molecule has 4 aliphatic heterocycles. The average Bonchev–Trinajstić information content (AvgIpc) is 4.23. The predicted molar refractivity (Wildman–Crippen MR) is 305 cm³/mol. The van der Waals surface area contributed by atoms with Gasteiger partial charge in [-0.25, -0.2) is 19.6 Å². The molecule has 11 rings (SSSR count). The number of aromatic nitrogens is 4. The van der Waals surface area contributed by atoms with Gasteiger partial charge in [0.2, 0.25) is 0 Å². The van der Waals surface area contributed by atoms with E-state index >= 15 is 0 Å². The van der Waals surface area contributed by atoms with Crippen molar-refractivity contribution in [2.75, 3.05) is 13.7 Å². The van der Waals surface area contributed by atoms with E-state index in [1.54, 1.807) is 59.2 Å². The van der Waals surface area contributed by atoms with Crippen molar-refractivity contribution >= 4 is 105 Å². The highest BCUT2D eigenvalue weighted by Gasteiger charge is 2.24. The van der Waals surface area contributed by atoms with Crippen molar-refractivity contribution in [3.8, 4) is 44.5 Å². The minimum atomic E-state index is -0.398. The summed E-state index contributed by atoms with van der Waals surface area (Å²) in [5, 5.41) is 6.25. The molecule has 4 aromatic carbocycles. The van der Waals surface area contributed by atoms with Crippen molar-refractivity contribution in [1.29, 1.82) is 0 Å². The van der Waals surface area contributed by atoms with E-state index in [1.165, 1.54) is 26.7 Å². The van der Waals surface area contributed by atoms with E-state index in [4.69, 9.17) is 19.4 Å². The Morgan fingerprint density at radius 3 is 1.32 bits per heavy atom. The summed E-state index contributed by atoms with van der Waals surface area (Å²) in [6, 6.07) is 32.5. The van der Waals surface area contributed by atoms with Gasteiger partial charge in [0.15, 0.2) is 0 Å². The summed E-state index contributed by atoms with van der Waals surface area (Å²) in [6.07, 6.45) is 8.37. The molecule has 72 heavy (non-hydrogen) atoms. The van der Waals surface area contributed by atoms with Crippen molar-refractivity contribution in [2.45, 2.75) is 41.5 Å². The predicted octanol–water partition coefficient (Wildman–Crippen LogP) is 16.5. The second kappa shape index (κ2) is 19.6. The van der Waals surface area contributed by atoms with Crippen molar-refractivity contribution < 1.29 is 19.1 Å². The molecule has 0 fully saturated rings. The number of rotatable bonds is 8. The van der Waals surface area contributed by atoms with E-state index in [0.29, 0.717) is 11.1 Å². The number of esters is 2. The zero-order valence-corrected chi connectivity index (χ0v) is 43.9. The van der Waals surface area contributed by atoms with Crippen molar-refractivity contribution in [1.82, 2.24) is 19.9 Å². The first-order valence-electron chi connectivity index (χ1n) is 23.5. The van der Waals surface area contributed by atoms with Gasteiger partial charge < -0.3 is 19.4 Å². The van der Waals surface area contributed by atoms with Gasteiger partial charge in [-0.05, 0) is 175 Å². The third-order valence-corrected chi connectivity index (χ3v) is 18.1. The van der Waals surface area contributed by atoms with Crippen molar-refractivity contribution in [3.05, 3.63) is 194 Å². The van der Waals surface area contributed by atoms with Crippen LogP contribution >= 0.6 is 47.0 Å². The number of fused-ring (bicyclic) bond motifs is 8. The number of carbonyl (C=O) groups excluding carboxylic acids is 2. The normalized spacial score (nSPS) is 13.8. The number of benzene rings is 4. The quantitative estimate of drug-likeness (QED) is 0.143. The van der Waals surface area contributed by atoms with E-state index in [2.05, 4.69) is 141 Å². The summed E-state index contributed by atoms with van der Waals surface area (Å²) >= 11 is 6.79. The van der Waals surface area contributed by atoms with E-state index in [-0.39, 0.29) is 12.6 Å². The van der Waals surface area contributed by atoms with E-state index < -0.39 is 5.97 Å². The van der Waals surface area contributed by atoms with Gasteiger partial charge in [-0.2, -0.15) is 0 Å². The second-order valence-electron chi connectivity index (χ2n) is 18.2. The zero-order chi connectivity index (χ0) is 49.8. The lowest BCUT2D eigenvalue weighted by Crippen LogP contribution is -2.06. The Hall–Kier alpha value is -6.96. The van der Waals surface area contributed by atoms with Crippen LogP contribution in [-0.2, 0) is 9.47 Å². The molecule has 0 atom stereocenters. The molecular weight excluding hydrogens is 969 g/mol. The first kappa shape index (κ1) is 47.4. The minimum Gasteiger partial charge on any atom is -0.465 e. The largest absolute Gasteiger partial charge is 0.465 e. The number of nitrogens with one attached hydrogen (secondary N) is 2. The summed E-state index contributed by atoms with van der Waals surface area (Å²) in [6.45, 7) is 13.1. The summed E-state index contributed by atoms with van der Waals surface area (Å²) in [5.74, 6) is -0.776. The number of aromatic amines is 2. The molecule has 356 valence electrons. The number of H-pyrrole nitrogens is 2. The minimum absolute atomic E-state index is 0.212. The highest BCUT2D eigenvalue weighted by Crippen LogP contribution is 2.53. The summed E-state index contributed by atoms with van der Waals surface area (Å²) < 4.78 is 13.4. The number of carbonyl (C=O) groups is 2. The van der Waals surface area contributed by atoms with Crippen LogP contribution < -0.4 is 0 Å². The van der Waals surface area contributed by atoms with Crippen LogP contribution in [0.3, 0.4) is 0 Å². The standard InChI is InChI=1S/C60H48N4O4S4/c1-32-26-34(3)51(35(4)27-32)55-47-20-16-43(61-47)53(38-8-12-40(13-9-38)57(65)67-7)44-17-21-48(62-44)56(52-36(5)28-33(2)29-37(52)6)50-23-19-46(64-50)54(45-18-22-49(55)63-45)39-10-14-41(15-11-39)58(66)68-30-42-31-71-60(72-42)59-69-24-25-70-59/h8-29,31,61,64H,30H2,1-7H3. The number of hydrogen-bond acceptors (Lipinski definition) is 10. The van der Waals surface area contributed by atoms with Crippen molar-refractivity contribution in [2.24, 2.45) is 0 Å². The van der Waals surface area contributed by atoms with Gasteiger partial charge in [0.25, 0.3) is 0 Å². The van der Waals surface area contributed by atoms with E-state index in [9.17, 15) is 9.59 Å². The smallest absolute Gasteiger partial charge is 0.338 e. The molecule has 3 aromatic heterocycles. The molecule has 2 N–H and O–H groups in total. The highest BCUT2D eigenvalue weighted by molar-refractivity contribution is 8.33. The van der Waals surface area contributed by atoms with Gasteiger partial charge in [-0.15, -0.1) is 0 Å². The van der Waals surface area contributed by atoms with Crippen LogP contribution in [0.25, 0.3) is 90.9 Å². The molecule has 0 saturated heterocycles. The monoisotopic (exact) mass is 1020 g/mol. The topological polar surface area (TPSA) is 110 Å². The molecule has 7 heterocycles. The Morgan fingerprint density at radius 2 is 0.889 bits per heavy atom. The summed E-state index contributed by atoms with van der Waals surface area (Å²) in [7, 11) is 1.39. The molecule has 0 spiro atoms. The fraction of sp³-hybridized carbons (Fsp3) is 0.133. The first-order valence-corrected chi connectivity index (χ1v) is 26.9. The molecule has 0 unspecified atom stereocenters. The molecular formula is C60H48N4O4S4. The van der Waals surface area contributed by atoms with E-state index in [0.717, 1.165) is 117 Å². The number of nitrogens with zero attached hydrogens (tertiary/aromatic N) is 2. The lowest BCUT2D eigenvalue weighted by atomic mass is 9.92. The van der Waals surface area contributed by atoms with Crippen LogP contribution in [0.5, 0.6) is 0 Å². The summed E-state index contributed by atoms with van der Waals surface area (Å²) in [4.78, 5) is 46.0. The SMILES string of the molecule is COC(=O)c1ccc(-c2c3nc(c(-c4c(C)cc(C)cc4C)c4ccc([nH]4)c(-c4ccc(C(=O)OCC5=CSC(=C6SC=CS6)S5)cc4)c4nc(c(-c5c(C)cc(C)cc5C)c5ccc2[nH]5)C=C4)C=C3)cc1. The lowest BCUT2D eigenvalue weighted by molar-refractivity contribution is 0.0545. The zero-order valence-electron chi connectivity index (χ0n) is 40.6. The third-order valence-electron chi connectivity index (χ3n) is 13.1. The Kier molecular flexibility index (Phi) is 12.9. The lowest BCUT2D eigenvalue weighted by Gasteiger charge is -2.13. The van der Waals surface area contributed by atoms with E-state index in [1.807, 2.05) is 36.4 Å². The first-order chi connectivity index (χ1) is 34.9. The number of aryl methyl sites for hydroxylation is 6. The molecule has 8 nitrogen and oxygen atoms in total. The maximum Gasteiger partial charge on any atom is 0.338 e. The van der Waals surface area contributed by atoms with Crippen LogP contribution in [0, 0.1) is 41.5 Å². The maximum atomic E-state index is 13.6. The number of methoxy groups -OCH3 is 1. The molecule has 0 amide bonds. The molecule has 0 aliphatic carbocycles. The molecule has 0 radical (unpaired) electrons. The van der Waals surface area contributed by atoms with Crippen molar-refractivity contribution in [3.63, 3.8) is 0 Å². The Bertz CT molecular complexity index is 3670. The number of ether oxygens (including phenoxy) is 2. The van der Waals surface area contributed by atoms with Crippen LogP contribution in [0.1, 0.15) is 76.9 Å². The van der Waals surface area contributed by atoms with Gasteiger partial charge in [0, 0.05) is 49.2 Å². The van der Waals surface area contributed by atoms with Crippen LogP contribution in [0.4, 0.5) is 0 Å². The molecule has 0 saturated carbocycles. The number of hydrogen-bond donors (Lipinski definition) is 2. The van der Waals surface area contributed by atoms with Gasteiger partial charge in [-0.3, -0.25) is 0 Å². The summed E-state index contributed by atoms with van der Waals surface area (Å²) in [5.41, 5.74) is 22.1. The van der Waals surface area contributed by atoms with Crippen LogP contribution in [0.15, 0.2) is 127 Å². The maximum absolute atomic E-state index is 13.6.